The predicted octanol–water partition coefficient (Wildman–Crippen LogP) is 4.56. The molecule has 0 bridgehead atoms. The van der Waals surface area contributed by atoms with Crippen LogP contribution in [0.3, 0.4) is 0 Å². The first-order valence-corrected chi connectivity index (χ1v) is 10.3. The quantitative estimate of drug-likeness (QED) is 0.436. The van der Waals surface area contributed by atoms with Gasteiger partial charge in [-0.25, -0.2) is 9.97 Å². The van der Waals surface area contributed by atoms with Gasteiger partial charge in [-0.2, -0.15) is 0 Å². The minimum Gasteiger partial charge on any atom is -0.460 e. The van der Waals surface area contributed by atoms with Crippen molar-refractivity contribution in [3.05, 3.63) is 89.4 Å². The number of hydrogen-bond donors (Lipinski definition) is 1. The van der Waals surface area contributed by atoms with Crippen LogP contribution in [0.1, 0.15) is 5.76 Å². The van der Waals surface area contributed by atoms with E-state index in [0.717, 1.165) is 22.2 Å². The van der Waals surface area contributed by atoms with Crippen LogP contribution < -0.4 is 5.43 Å². The molecule has 0 spiro atoms. The summed E-state index contributed by atoms with van der Waals surface area (Å²) in [5, 5.41) is 0.959. The van der Waals surface area contributed by atoms with E-state index in [2.05, 4.69) is 19.9 Å². The number of pyridine rings is 2. The summed E-state index contributed by atoms with van der Waals surface area (Å²) < 4.78 is 5.87. The van der Waals surface area contributed by atoms with Crippen LogP contribution in [-0.4, -0.2) is 29.9 Å². The topological polar surface area (TPSA) is 110 Å². The Bertz CT molecular complexity index is 1710. The molecular weight excluding hydrogens is 416 g/mol. The smallest absolute Gasteiger partial charge is 0.218 e. The van der Waals surface area contributed by atoms with E-state index in [-0.39, 0.29) is 10.9 Å². The van der Waals surface area contributed by atoms with Crippen LogP contribution in [0.5, 0.6) is 0 Å². The lowest BCUT2D eigenvalue weighted by Crippen LogP contribution is -2.11. The average Bonchev–Trinajstić information content (AvgIpc) is 3.30. The molecule has 5 heterocycles. The number of benzene rings is 1. The van der Waals surface area contributed by atoms with Gasteiger partial charge in [0.1, 0.15) is 17.1 Å². The van der Waals surface area contributed by atoms with E-state index in [1.807, 2.05) is 49.4 Å². The fraction of sp³-hybridized carbons (Fsp3) is 0.0400. The third kappa shape index (κ3) is 3.25. The first-order chi connectivity index (χ1) is 16.2. The Labute approximate surface area is 187 Å². The van der Waals surface area contributed by atoms with Gasteiger partial charge < -0.3 is 9.40 Å². The molecule has 1 aromatic carbocycles. The van der Waals surface area contributed by atoms with Gasteiger partial charge in [0.25, 0.3) is 0 Å². The Morgan fingerprint density at radius 3 is 2.70 bits per heavy atom. The van der Waals surface area contributed by atoms with Crippen LogP contribution in [0.25, 0.3) is 56.0 Å². The van der Waals surface area contributed by atoms with Gasteiger partial charge in [0, 0.05) is 35.7 Å². The zero-order chi connectivity index (χ0) is 22.4. The molecule has 0 unspecified atom stereocenters. The molecular formula is C25H16N6O2. The molecule has 5 aromatic heterocycles. The van der Waals surface area contributed by atoms with Gasteiger partial charge >= 0.3 is 0 Å². The summed E-state index contributed by atoms with van der Waals surface area (Å²) in [4.78, 5) is 38.7. The van der Waals surface area contributed by atoms with Gasteiger partial charge in [-0.05, 0) is 37.3 Å². The summed E-state index contributed by atoms with van der Waals surface area (Å²) in [6, 6.07) is 13.4. The number of nitrogens with zero attached hydrogens (tertiary/aromatic N) is 5. The summed E-state index contributed by atoms with van der Waals surface area (Å²) in [6.07, 6.45) is 7.98. The number of fused-ring (bicyclic) bond motifs is 2. The van der Waals surface area contributed by atoms with Crippen molar-refractivity contribution in [3.8, 4) is 34.0 Å². The zero-order valence-electron chi connectivity index (χ0n) is 17.5. The molecule has 0 aliphatic carbocycles. The fourth-order valence-electron chi connectivity index (χ4n) is 3.81. The second kappa shape index (κ2) is 7.45. The number of aromatic nitrogens is 6. The van der Waals surface area contributed by atoms with Gasteiger partial charge in [-0.1, -0.05) is 12.1 Å². The average molecular weight is 432 g/mol. The molecule has 0 radical (unpaired) electrons. The van der Waals surface area contributed by atoms with Crippen molar-refractivity contribution in [2.24, 2.45) is 0 Å². The highest BCUT2D eigenvalue weighted by molar-refractivity contribution is 5.89. The maximum Gasteiger partial charge on any atom is 0.218 e. The Balaban J connectivity index is 1.65. The molecule has 0 atom stereocenters. The molecule has 8 nitrogen and oxygen atoms in total. The maximum absolute atomic E-state index is 13.4. The van der Waals surface area contributed by atoms with Crippen LogP contribution in [-0.2, 0) is 0 Å². The lowest BCUT2D eigenvalue weighted by Gasteiger charge is -2.10. The molecule has 0 amide bonds. The van der Waals surface area contributed by atoms with Crippen molar-refractivity contribution in [2.75, 3.05) is 0 Å². The fourth-order valence-corrected chi connectivity index (χ4v) is 3.81. The SMILES string of the molecule is Cc1ccc(-c2nc3[nH]cc(-c4cnccn4)c(=O)c3nc2-c2ccc3ncccc3c2)o1. The Morgan fingerprint density at radius 1 is 0.939 bits per heavy atom. The number of aromatic amines is 1. The van der Waals surface area contributed by atoms with Gasteiger partial charge in [-0.3, -0.25) is 19.7 Å². The third-order valence-corrected chi connectivity index (χ3v) is 5.40. The van der Waals surface area contributed by atoms with Gasteiger partial charge in [-0.15, -0.1) is 0 Å². The molecule has 158 valence electrons. The Hall–Kier alpha value is -4.72. The summed E-state index contributed by atoms with van der Waals surface area (Å²) in [5.41, 5.74) is 3.90. The lowest BCUT2D eigenvalue weighted by atomic mass is 10.0. The molecule has 8 heteroatoms. The Kier molecular flexibility index (Phi) is 4.29. The number of aryl methyl sites for hydroxylation is 1. The largest absolute Gasteiger partial charge is 0.460 e. The molecule has 0 saturated heterocycles. The highest BCUT2D eigenvalue weighted by atomic mass is 16.3. The van der Waals surface area contributed by atoms with Crippen molar-refractivity contribution in [2.45, 2.75) is 6.92 Å². The molecule has 0 aliphatic rings. The van der Waals surface area contributed by atoms with E-state index >= 15 is 0 Å². The summed E-state index contributed by atoms with van der Waals surface area (Å²) in [6.45, 7) is 1.87. The molecule has 33 heavy (non-hydrogen) atoms. The first kappa shape index (κ1) is 19.0. The van der Waals surface area contributed by atoms with Gasteiger partial charge in [0.05, 0.1) is 23.0 Å². The van der Waals surface area contributed by atoms with Crippen LogP contribution in [0, 0.1) is 6.92 Å². The lowest BCUT2D eigenvalue weighted by molar-refractivity contribution is 0.546. The van der Waals surface area contributed by atoms with Gasteiger partial charge in [0.2, 0.25) is 5.43 Å². The van der Waals surface area contributed by atoms with E-state index < -0.39 is 0 Å². The van der Waals surface area contributed by atoms with E-state index in [4.69, 9.17) is 14.4 Å². The second-order valence-electron chi connectivity index (χ2n) is 7.56. The van der Waals surface area contributed by atoms with Crippen molar-refractivity contribution >= 4 is 22.1 Å². The molecule has 0 aliphatic heterocycles. The molecule has 0 fully saturated rings. The van der Waals surface area contributed by atoms with Crippen LogP contribution >= 0.6 is 0 Å². The molecule has 6 aromatic rings. The molecule has 6 rings (SSSR count). The number of furan rings is 1. The van der Waals surface area contributed by atoms with Crippen molar-refractivity contribution in [1.29, 1.82) is 0 Å². The Morgan fingerprint density at radius 2 is 1.88 bits per heavy atom. The number of rotatable bonds is 3. The normalized spacial score (nSPS) is 11.3. The minimum absolute atomic E-state index is 0.214. The highest BCUT2D eigenvalue weighted by Gasteiger charge is 2.19. The van der Waals surface area contributed by atoms with E-state index in [1.54, 1.807) is 31.0 Å². The standard InChI is InChI=1S/C25H16N6O2/c1-14-4-7-20(33-14)22-21(16-5-6-18-15(11-16)3-2-8-27-18)30-23-24(32)17(12-29-25(23)31-22)19-13-26-9-10-28-19/h2-13H,1H3,(H,29,31,32). The maximum atomic E-state index is 13.4. The zero-order valence-corrected chi connectivity index (χ0v) is 17.5. The highest BCUT2D eigenvalue weighted by Crippen LogP contribution is 2.32. The van der Waals surface area contributed by atoms with Crippen LogP contribution in [0.4, 0.5) is 0 Å². The van der Waals surface area contributed by atoms with E-state index in [0.29, 0.717) is 34.1 Å². The van der Waals surface area contributed by atoms with Crippen LogP contribution in [0.15, 0.2) is 82.7 Å². The number of H-pyrrole nitrogens is 1. The second-order valence-corrected chi connectivity index (χ2v) is 7.56. The first-order valence-electron chi connectivity index (χ1n) is 10.3. The van der Waals surface area contributed by atoms with Gasteiger partial charge in [0.15, 0.2) is 16.9 Å². The van der Waals surface area contributed by atoms with Crippen molar-refractivity contribution in [3.63, 3.8) is 0 Å². The van der Waals surface area contributed by atoms with Crippen molar-refractivity contribution in [1.82, 2.24) is 29.9 Å². The van der Waals surface area contributed by atoms with E-state index in [9.17, 15) is 4.79 Å². The summed E-state index contributed by atoms with van der Waals surface area (Å²) in [5.74, 6) is 1.33. The summed E-state index contributed by atoms with van der Waals surface area (Å²) in [7, 11) is 0. The third-order valence-electron chi connectivity index (χ3n) is 5.40. The van der Waals surface area contributed by atoms with E-state index in [1.165, 1.54) is 0 Å². The van der Waals surface area contributed by atoms with Crippen molar-refractivity contribution < 1.29 is 4.42 Å². The number of nitrogens with one attached hydrogen (secondary N) is 1. The summed E-state index contributed by atoms with van der Waals surface area (Å²) >= 11 is 0. The monoisotopic (exact) mass is 432 g/mol. The molecule has 0 saturated carbocycles. The minimum atomic E-state index is -0.275. The predicted molar refractivity (Wildman–Crippen MR) is 124 cm³/mol. The number of hydrogen-bond acceptors (Lipinski definition) is 7. The van der Waals surface area contributed by atoms with Crippen LogP contribution in [0.2, 0.25) is 0 Å². The molecule has 1 N–H and O–H groups in total.